The summed E-state index contributed by atoms with van der Waals surface area (Å²) in [6, 6.07) is 0.331. The molecule has 4 heteroatoms. The molecule has 18 heavy (non-hydrogen) atoms. The molecule has 1 aliphatic rings. The third kappa shape index (κ3) is 2.75. The molecular weight excluding hydrogens is 226 g/mol. The first kappa shape index (κ1) is 13.6. The van der Waals surface area contributed by atoms with Gasteiger partial charge in [0.1, 0.15) is 5.82 Å². The summed E-state index contributed by atoms with van der Waals surface area (Å²) in [6.07, 6.45) is 8.34. The summed E-state index contributed by atoms with van der Waals surface area (Å²) in [5.41, 5.74) is -0.0439. The van der Waals surface area contributed by atoms with Gasteiger partial charge in [-0.15, -0.1) is 0 Å². The van der Waals surface area contributed by atoms with Crippen molar-refractivity contribution in [3.63, 3.8) is 0 Å². The molecule has 2 rings (SSSR count). The lowest BCUT2D eigenvalue weighted by Crippen LogP contribution is -2.48. The maximum atomic E-state index is 5.94. The smallest absolute Gasteiger partial charge is 0.110 e. The summed E-state index contributed by atoms with van der Waals surface area (Å²) in [6.45, 7) is 6.34. The molecule has 0 bridgehead atoms. The van der Waals surface area contributed by atoms with Crippen LogP contribution in [0.25, 0.3) is 0 Å². The second-order valence-corrected chi connectivity index (χ2v) is 5.35. The highest BCUT2D eigenvalue weighted by molar-refractivity contribution is 5.02. The average molecular weight is 251 g/mol. The number of hydrogen-bond acceptors (Lipinski definition) is 3. The highest BCUT2D eigenvalue weighted by Gasteiger charge is 2.38. The monoisotopic (exact) mass is 251 g/mol. The van der Waals surface area contributed by atoms with E-state index in [1.807, 2.05) is 13.2 Å². The number of aromatic nitrogens is 2. The Balaban J connectivity index is 2.07. The highest BCUT2D eigenvalue weighted by atomic mass is 16.5. The van der Waals surface area contributed by atoms with Gasteiger partial charge < -0.3 is 14.6 Å². The summed E-state index contributed by atoms with van der Waals surface area (Å²) >= 11 is 0. The zero-order valence-corrected chi connectivity index (χ0v) is 11.8. The van der Waals surface area contributed by atoms with Crippen molar-refractivity contribution in [2.45, 2.75) is 57.7 Å². The maximum Gasteiger partial charge on any atom is 0.110 e. The minimum Gasteiger partial charge on any atom is -0.374 e. The van der Waals surface area contributed by atoms with Gasteiger partial charge in [-0.25, -0.2) is 4.98 Å². The molecule has 2 atom stereocenters. The summed E-state index contributed by atoms with van der Waals surface area (Å²) in [5.74, 6) is 1.16. The van der Waals surface area contributed by atoms with Gasteiger partial charge >= 0.3 is 0 Å². The molecule has 4 nitrogen and oxygen atoms in total. The van der Waals surface area contributed by atoms with Crippen LogP contribution in [-0.2, 0) is 17.7 Å². The number of nitrogens with one attached hydrogen (secondary N) is 1. The molecule has 1 aliphatic heterocycles. The normalized spacial score (nSPS) is 25.5. The van der Waals surface area contributed by atoms with Crippen LogP contribution in [0.4, 0.5) is 0 Å². The SMILES string of the molecule is CCCn1ccnc1CC(NC)C1(C)CCCO1. The molecule has 0 spiro atoms. The second kappa shape index (κ2) is 5.85. The van der Waals surface area contributed by atoms with Crippen LogP contribution < -0.4 is 5.32 Å². The number of nitrogens with zero attached hydrogens (tertiary/aromatic N) is 2. The lowest BCUT2D eigenvalue weighted by molar-refractivity contribution is -0.0101. The van der Waals surface area contributed by atoms with E-state index in [9.17, 15) is 0 Å². The Morgan fingerprint density at radius 3 is 3.06 bits per heavy atom. The predicted octanol–water partition coefficient (Wildman–Crippen LogP) is 1.99. The standard InChI is InChI=1S/C14H25N3O/c1-4-8-17-9-7-16-13(17)11-12(15-3)14(2)6-5-10-18-14/h7,9,12,15H,4-6,8,10-11H2,1-3H3. The lowest BCUT2D eigenvalue weighted by Gasteiger charge is -2.33. The minimum atomic E-state index is -0.0439. The van der Waals surface area contributed by atoms with Crippen molar-refractivity contribution in [2.75, 3.05) is 13.7 Å². The van der Waals surface area contributed by atoms with Crippen LogP contribution in [0.2, 0.25) is 0 Å². The molecule has 0 saturated carbocycles. The molecule has 1 fully saturated rings. The molecule has 0 aromatic carbocycles. The van der Waals surface area contributed by atoms with Gasteiger partial charge in [-0.2, -0.15) is 0 Å². The Kier molecular flexibility index (Phi) is 4.40. The van der Waals surface area contributed by atoms with Crippen LogP contribution in [-0.4, -0.2) is 34.8 Å². The van der Waals surface area contributed by atoms with Crippen LogP contribution in [0.3, 0.4) is 0 Å². The fourth-order valence-electron chi connectivity index (χ4n) is 2.86. The van der Waals surface area contributed by atoms with E-state index in [1.165, 1.54) is 0 Å². The Morgan fingerprint density at radius 2 is 2.44 bits per heavy atom. The van der Waals surface area contributed by atoms with Gasteiger partial charge in [0, 0.05) is 38.0 Å². The van der Waals surface area contributed by atoms with Gasteiger partial charge in [-0.1, -0.05) is 6.92 Å². The van der Waals surface area contributed by atoms with Gasteiger partial charge in [0.2, 0.25) is 0 Å². The van der Waals surface area contributed by atoms with Crippen LogP contribution in [0.1, 0.15) is 38.9 Å². The van der Waals surface area contributed by atoms with Crippen molar-refractivity contribution in [1.29, 1.82) is 0 Å². The zero-order valence-electron chi connectivity index (χ0n) is 11.8. The van der Waals surface area contributed by atoms with Crippen molar-refractivity contribution >= 4 is 0 Å². The first-order chi connectivity index (χ1) is 8.69. The van der Waals surface area contributed by atoms with Gasteiger partial charge in [0.05, 0.1) is 5.60 Å². The largest absolute Gasteiger partial charge is 0.374 e. The van der Waals surface area contributed by atoms with E-state index in [2.05, 4.69) is 34.9 Å². The van der Waals surface area contributed by atoms with E-state index in [1.54, 1.807) is 0 Å². The van der Waals surface area contributed by atoms with Crippen LogP contribution >= 0.6 is 0 Å². The molecule has 102 valence electrons. The fraction of sp³-hybridized carbons (Fsp3) is 0.786. The first-order valence-electron chi connectivity index (χ1n) is 7.01. The molecule has 1 N–H and O–H groups in total. The topological polar surface area (TPSA) is 39.1 Å². The molecule has 2 heterocycles. The molecule has 0 aliphatic carbocycles. The summed E-state index contributed by atoms with van der Waals surface area (Å²) < 4.78 is 8.20. The molecule has 2 unspecified atom stereocenters. The molecular formula is C14H25N3O. The van der Waals surface area contributed by atoms with E-state index in [-0.39, 0.29) is 5.60 Å². The van der Waals surface area contributed by atoms with Crippen molar-refractivity contribution in [2.24, 2.45) is 0 Å². The predicted molar refractivity (Wildman–Crippen MR) is 72.7 cm³/mol. The Bertz CT molecular complexity index is 369. The number of imidazole rings is 1. The number of likely N-dealkylation sites (N-methyl/N-ethyl adjacent to an activating group) is 1. The van der Waals surface area contributed by atoms with Gasteiger partial charge in [0.15, 0.2) is 0 Å². The Morgan fingerprint density at radius 1 is 1.61 bits per heavy atom. The number of rotatable bonds is 6. The van der Waals surface area contributed by atoms with E-state index in [4.69, 9.17) is 4.74 Å². The number of hydrogen-bond donors (Lipinski definition) is 1. The lowest BCUT2D eigenvalue weighted by atomic mass is 9.90. The Hall–Kier alpha value is -0.870. The molecule has 0 radical (unpaired) electrons. The molecule has 1 aromatic rings. The van der Waals surface area contributed by atoms with Crippen molar-refractivity contribution in [3.05, 3.63) is 18.2 Å². The van der Waals surface area contributed by atoms with Crippen molar-refractivity contribution < 1.29 is 4.74 Å². The second-order valence-electron chi connectivity index (χ2n) is 5.35. The minimum absolute atomic E-state index is 0.0439. The van der Waals surface area contributed by atoms with E-state index < -0.39 is 0 Å². The number of aryl methyl sites for hydroxylation is 1. The van der Waals surface area contributed by atoms with Gasteiger partial charge in [-0.3, -0.25) is 0 Å². The van der Waals surface area contributed by atoms with E-state index in [0.717, 1.165) is 44.7 Å². The Labute approximate surface area is 110 Å². The third-order valence-corrected chi connectivity index (χ3v) is 3.99. The van der Waals surface area contributed by atoms with Crippen LogP contribution in [0, 0.1) is 0 Å². The van der Waals surface area contributed by atoms with E-state index >= 15 is 0 Å². The quantitative estimate of drug-likeness (QED) is 0.840. The maximum absolute atomic E-state index is 5.94. The zero-order chi connectivity index (χ0) is 13.0. The molecule has 0 amide bonds. The summed E-state index contributed by atoms with van der Waals surface area (Å²) in [7, 11) is 2.02. The van der Waals surface area contributed by atoms with E-state index in [0.29, 0.717) is 6.04 Å². The summed E-state index contributed by atoms with van der Waals surface area (Å²) in [4.78, 5) is 4.49. The van der Waals surface area contributed by atoms with Crippen LogP contribution in [0.5, 0.6) is 0 Å². The number of ether oxygens (including phenoxy) is 1. The molecule has 1 aromatic heterocycles. The average Bonchev–Trinajstić information content (AvgIpc) is 2.97. The van der Waals surface area contributed by atoms with Crippen LogP contribution in [0.15, 0.2) is 12.4 Å². The summed E-state index contributed by atoms with van der Waals surface area (Å²) in [5, 5.41) is 3.41. The highest BCUT2D eigenvalue weighted by Crippen LogP contribution is 2.30. The van der Waals surface area contributed by atoms with Gasteiger partial charge in [0.25, 0.3) is 0 Å². The fourth-order valence-corrected chi connectivity index (χ4v) is 2.86. The first-order valence-corrected chi connectivity index (χ1v) is 7.01. The molecule has 1 saturated heterocycles. The van der Waals surface area contributed by atoms with Crippen molar-refractivity contribution in [3.8, 4) is 0 Å². The third-order valence-electron chi connectivity index (χ3n) is 3.99. The van der Waals surface area contributed by atoms with Gasteiger partial charge in [-0.05, 0) is 33.2 Å². The van der Waals surface area contributed by atoms with Crippen molar-refractivity contribution in [1.82, 2.24) is 14.9 Å².